The molecule has 1 aliphatic heterocycles. The van der Waals surface area contributed by atoms with Crippen LogP contribution in [0, 0.1) is 5.82 Å². The van der Waals surface area contributed by atoms with E-state index in [0.717, 1.165) is 11.3 Å². The maximum atomic E-state index is 13.3. The molecule has 104 valence electrons. The Bertz CT molecular complexity index is 635. The van der Waals surface area contributed by atoms with E-state index in [9.17, 15) is 4.39 Å². The number of fused-ring (bicyclic) bond motifs is 1. The molecule has 2 atom stereocenters. The topological polar surface area (TPSA) is 44.5 Å². The van der Waals surface area contributed by atoms with Crippen LogP contribution in [0.1, 0.15) is 11.6 Å². The zero-order chi connectivity index (χ0) is 14.1. The van der Waals surface area contributed by atoms with Gasteiger partial charge in [0.2, 0.25) is 0 Å². The number of para-hydroxylation sites is 2. The van der Waals surface area contributed by atoms with Crippen LogP contribution >= 0.6 is 15.9 Å². The normalized spacial score (nSPS) is 18.6. The average molecular weight is 338 g/mol. The average Bonchev–Trinajstić information content (AvgIpc) is 2.49. The zero-order valence-electron chi connectivity index (χ0n) is 10.6. The molecule has 2 aromatic carbocycles. The molecule has 0 saturated carbocycles. The third kappa shape index (κ3) is 2.51. The molecule has 3 nitrogen and oxygen atoms in total. The van der Waals surface area contributed by atoms with Crippen LogP contribution in [0.25, 0.3) is 0 Å². The van der Waals surface area contributed by atoms with E-state index in [1.54, 1.807) is 12.1 Å². The summed E-state index contributed by atoms with van der Waals surface area (Å²) in [5, 5.41) is 0. The Morgan fingerprint density at radius 2 is 1.95 bits per heavy atom. The van der Waals surface area contributed by atoms with Gasteiger partial charge in [-0.25, -0.2) is 4.39 Å². The first-order chi connectivity index (χ1) is 9.65. The van der Waals surface area contributed by atoms with Gasteiger partial charge in [0, 0.05) is 0 Å². The summed E-state index contributed by atoms with van der Waals surface area (Å²) in [6.07, 6.45) is -0.303. The molecule has 0 spiro atoms. The minimum Gasteiger partial charge on any atom is -0.486 e. The van der Waals surface area contributed by atoms with E-state index in [2.05, 4.69) is 15.9 Å². The second-order valence-corrected chi connectivity index (χ2v) is 5.47. The summed E-state index contributed by atoms with van der Waals surface area (Å²) in [6, 6.07) is 11.8. The van der Waals surface area contributed by atoms with Crippen LogP contribution in [0.5, 0.6) is 11.5 Å². The first-order valence-corrected chi connectivity index (χ1v) is 7.03. The van der Waals surface area contributed by atoms with Crippen molar-refractivity contribution in [3.63, 3.8) is 0 Å². The van der Waals surface area contributed by atoms with Gasteiger partial charge in [-0.15, -0.1) is 0 Å². The minimum absolute atomic E-state index is 0.303. The molecule has 0 aliphatic carbocycles. The number of nitrogens with two attached hydrogens (primary N) is 1. The fourth-order valence-electron chi connectivity index (χ4n) is 2.15. The van der Waals surface area contributed by atoms with Crippen molar-refractivity contribution in [3.05, 3.63) is 58.3 Å². The molecule has 0 aromatic heterocycles. The minimum atomic E-state index is -0.389. The Hall–Kier alpha value is -1.59. The molecular weight excluding hydrogens is 325 g/mol. The maximum absolute atomic E-state index is 13.3. The van der Waals surface area contributed by atoms with Gasteiger partial charge in [0.25, 0.3) is 0 Å². The van der Waals surface area contributed by atoms with Gasteiger partial charge in [-0.2, -0.15) is 0 Å². The van der Waals surface area contributed by atoms with Gasteiger partial charge in [-0.3, -0.25) is 0 Å². The number of benzene rings is 2. The van der Waals surface area contributed by atoms with E-state index in [1.165, 1.54) is 6.07 Å². The fourth-order valence-corrected chi connectivity index (χ4v) is 2.54. The molecule has 20 heavy (non-hydrogen) atoms. The van der Waals surface area contributed by atoms with Crippen molar-refractivity contribution in [3.8, 4) is 11.5 Å². The summed E-state index contributed by atoms with van der Waals surface area (Å²) >= 11 is 3.16. The Kier molecular flexibility index (Phi) is 3.63. The molecule has 0 fully saturated rings. The maximum Gasteiger partial charge on any atom is 0.161 e. The number of halogens is 2. The van der Waals surface area contributed by atoms with Crippen molar-refractivity contribution in [2.75, 3.05) is 6.61 Å². The fraction of sp³-hybridized carbons (Fsp3) is 0.200. The molecule has 1 heterocycles. The van der Waals surface area contributed by atoms with Crippen LogP contribution in [-0.2, 0) is 0 Å². The number of hydrogen-bond acceptors (Lipinski definition) is 3. The summed E-state index contributed by atoms with van der Waals surface area (Å²) in [7, 11) is 0. The van der Waals surface area contributed by atoms with Crippen molar-refractivity contribution in [1.82, 2.24) is 0 Å². The van der Waals surface area contributed by atoms with Crippen LogP contribution in [-0.4, -0.2) is 12.7 Å². The Morgan fingerprint density at radius 1 is 1.20 bits per heavy atom. The third-order valence-electron chi connectivity index (χ3n) is 3.26. The number of rotatable bonds is 2. The predicted octanol–water partition coefficient (Wildman–Crippen LogP) is 3.43. The van der Waals surface area contributed by atoms with Crippen molar-refractivity contribution in [2.45, 2.75) is 12.1 Å². The molecule has 0 amide bonds. The smallest absolute Gasteiger partial charge is 0.161 e. The highest BCUT2D eigenvalue weighted by Gasteiger charge is 2.27. The van der Waals surface area contributed by atoms with Gasteiger partial charge in [0.1, 0.15) is 12.4 Å². The lowest BCUT2D eigenvalue weighted by Crippen LogP contribution is -2.38. The van der Waals surface area contributed by atoms with Crippen LogP contribution in [0.4, 0.5) is 4.39 Å². The second-order valence-electron chi connectivity index (χ2n) is 4.61. The summed E-state index contributed by atoms with van der Waals surface area (Å²) in [5.74, 6) is 1.09. The van der Waals surface area contributed by atoms with E-state index < -0.39 is 0 Å². The predicted molar refractivity (Wildman–Crippen MR) is 77.4 cm³/mol. The van der Waals surface area contributed by atoms with Gasteiger partial charge in [0.15, 0.2) is 17.6 Å². The Balaban J connectivity index is 1.82. The van der Waals surface area contributed by atoms with Crippen LogP contribution in [0.15, 0.2) is 46.9 Å². The van der Waals surface area contributed by atoms with Crippen LogP contribution in [0.2, 0.25) is 0 Å². The molecule has 0 radical (unpaired) electrons. The highest BCUT2D eigenvalue weighted by Crippen LogP contribution is 2.34. The zero-order valence-corrected chi connectivity index (χ0v) is 12.1. The van der Waals surface area contributed by atoms with E-state index in [0.29, 0.717) is 16.8 Å². The van der Waals surface area contributed by atoms with E-state index in [-0.39, 0.29) is 18.0 Å². The Labute approximate surface area is 124 Å². The summed E-state index contributed by atoms with van der Waals surface area (Å²) in [5.41, 5.74) is 7.00. The lowest BCUT2D eigenvalue weighted by atomic mass is 10.0. The van der Waals surface area contributed by atoms with Gasteiger partial charge >= 0.3 is 0 Å². The van der Waals surface area contributed by atoms with E-state index in [4.69, 9.17) is 15.2 Å². The van der Waals surface area contributed by atoms with Crippen molar-refractivity contribution >= 4 is 15.9 Å². The van der Waals surface area contributed by atoms with E-state index >= 15 is 0 Å². The SMILES string of the molecule is NC(c1ccc(F)c(Br)c1)C1COc2ccccc2O1. The lowest BCUT2D eigenvalue weighted by Gasteiger charge is -2.30. The Morgan fingerprint density at radius 3 is 2.70 bits per heavy atom. The summed E-state index contributed by atoms with van der Waals surface area (Å²) in [4.78, 5) is 0. The first kappa shape index (κ1) is 13.4. The van der Waals surface area contributed by atoms with Gasteiger partial charge in [0.05, 0.1) is 10.5 Å². The van der Waals surface area contributed by atoms with Gasteiger partial charge < -0.3 is 15.2 Å². The molecule has 3 rings (SSSR count). The molecule has 1 aliphatic rings. The number of hydrogen-bond donors (Lipinski definition) is 1. The van der Waals surface area contributed by atoms with Crippen molar-refractivity contribution in [2.24, 2.45) is 5.73 Å². The van der Waals surface area contributed by atoms with E-state index in [1.807, 2.05) is 24.3 Å². The molecule has 5 heteroatoms. The standard InChI is InChI=1S/C15H13BrFNO2/c16-10-7-9(5-6-11(10)17)15(18)14-8-19-12-3-1-2-4-13(12)20-14/h1-7,14-15H,8,18H2. The molecule has 0 saturated heterocycles. The highest BCUT2D eigenvalue weighted by atomic mass is 79.9. The lowest BCUT2D eigenvalue weighted by molar-refractivity contribution is 0.0721. The largest absolute Gasteiger partial charge is 0.486 e. The monoisotopic (exact) mass is 337 g/mol. The molecule has 2 aromatic rings. The first-order valence-electron chi connectivity index (χ1n) is 6.24. The quantitative estimate of drug-likeness (QED) is 0.913. The summed E-state index contributed by atoms with van der Waals surface area (Å²) < 4.78 is 25.2. The number of ether oxygens (including phenoxy) is 2. The summed E-state index contributed by atoms with van der Waals surface area (Å²) in [6.45, 7) is 0.368. The molecular formula is C15H13BrFNO2. The van der Waals surface area contributed by atoms with Crippen LogP contribution in [0.3, 0.4) is 0 Å². The third-order valence-corrected chi connectivity index (χ3v) is 3.87. The van der Waals surface area contributed by atoms with Crippen molar-refractivity contribution in [1.29, 1.82) is 0 Å². The van der Waals surface area contributed by atoms with Gasteiger partial charge in [-0.1, -0.05) is 18.2 Å². The second kappa shape index (κ2) is 5.42. The molecule has 2 unspecified atom stereocenters. The molecule has 2 N–H and O–H groups in total. The van der Waals surface area contributed by atoms with Crippen LogP contribution < -0.4 is 15.2 Å². The highest BCUT2D eigenvalue weighted by molar-refractivity contribution is 9.10. The van der Waals surface area contributed by atoms with Gasteiger partial charge in [-0.05, 0) is 45.8 Å². The van der Waals surface area contributed by atoms with Crippen molar-refractivity contribution < 1.29 is 13.9 Å². The molecule has 0 bridgehead atoms.